The number of rotatable bonds is 2. The summed E-state index contributed by atoms with van der Waals surface area (Å²) >= 11 is 0. The van der Waals surface area contributed by atoms with E-state index in [1.165, 1.54) is 116 Å². The van der Waals surface area contributed by atoms with Gasteiger partial charge in [-0.3, -0.25) is 0 Å². The van der Waals surface area contributed by atoms with Gasteiger partial charge >= 0.3 is 0 Å². The Balaban J connectivity index is 1.26. The molecule has 53 heavy (non-hydrogen) atoms. The maximum atomic E-state index is 2.54. The second-order valence-electron chi connectivity index (χ2n) is 14.7. The van der Waals surface area contributed by atoms with Crippen molar-refractivity contribution in [3.8, 4) is 55.9 Å². The second kappa shape index (κ2) is 11.2. The molecule has 0 spiro atoms. The number of aryl methyl sites for hydroxylation is 3. The zero-order valence-corrected chi connectivity index (χ0v) is 30.0. The third-order valence-corrected chi connectivity index (χ3v) is 11.7. The highest BCUT2D eigenvalue weighted by Crippen LogP contribution is 2.51. The molecule has 2 nitrogen and oxygen atoms in total. The highest BCUT2D eigenvalue weighted by Gasteiger charge is 2.27. The van der Waals surface area contributed by atoms with Crippen LogP contribution in [0.2, 0.25) is 0 Å². The van der Waals surface area contributed by atoms with Gasteiger partial charge in [-0.05, 0) is 113 Å². The maximum absolute atomic E-state index is 2.54. The molecule has 0 saturated carbocycles. The van der Waals surface area contributed by atoms with E-state index in [1.807, 2.05) is 0 Å². The van der Waals surface area contributed by atoms with Crippen LogP contribution < -0.4 is 0 Å². The van der Waals surface area contributed by atoms with E-state index in [2.05, 4.69) is 194 Å². The lowest BCUT2D eigenvalue weighted by Crippen LogP contribution is -2.05. The Morgan fingerprint density at radius 2 is 0.755 bits per heavy atom. The number of nitrogens with zero attached hydrogens (tertiary/aromatic N) is 2. The first-order valence-corrected chi connectivity index (χ1v) is 18.5. The predicted octanol–water partition coefficient (Wildman–Crippen LogP) is 13.8. The highest BCUT2D eigenvalue weighted by molar-refractivity contribution is 6.14. The predicted molar refractivity (Wildman–Crippen MR) is 225 cm³/mol. The van der Waals surface area contributed by atoms with Crippen molar-refractivity contribution in [2.24, 2.45) is 0 Å². The van der Waals surface area contributed by atoms with Gasteiger partial charge in [0, 0.05) is 32.8 Å². The molecule has 0 radical (unpaired) electrons. The van der Waals surface area contributed by atoms with Gasteiger partial charge in [0.25, 0.3) is 0 Å². The van der Waals surface area contributed by atoms with Crippen molar-refractivity contribution in [2.75, 3.05) is 0 Å². The van der Waals surface area contributed by atoms with Gasteiger partial charge in [-0.1, -0.05) is 127 Å². The van der Waals surface area contributed by atoms with E-state index >= 15 is 0 Å². The monoisotopic (exact) mass is 676 g/mol. The van der Waals surface area contributed by atoms with Crippen molar-refractivity contribution in [2.45, 2.75) is 20.8 Å². The molecule has 2 heteroatoms. The van der Waals surface area contributed by atoms with Crippen LogP contribution in [0.15, 0.2) is 164 Å². The fourth-order valence-corrected chi connectivity index (χ4v) is 9.17. The van der Waals surface area contributed by atoms with E-state index in [0.717, 1.165) is 0 Å². The molecule has 10 aromatic rings. The van der Waals surface area contributed by atoms with Crippen molar-refractivity contribution in [3.63, 3.8) is 0 Å². The van der Waals surface area contributed by atoms with Gasteiger partial charge in [-0.15, -0.1) is 0 Å². The third kappa shape index (κ3) is 4.21. The van der Waals surface area contributed by atoms with Crippen molar-refractivity contribution < 1.29 is 0 Å². The van der Waals surface area contributed by atoms with Crippen molar-refractivity contribution in [1.82, 2.24) is 9.13 Å². The van der Waals surface area contributed by atoms with E-state index in [-0.39, 0.29) is 0 Å². The molecule has 0 N–H and O–H groups in total. The van der Waals surface area contributed by atoms with E-state index in [0.29, 0.717) is 0 Å². The molecular weight excluding hydrogens is 641 g/mol. The Morgan fingerprint density at radius 3 is 1.38 bits per heavy atom. The van der Waals surface area contributed by atoms with E-state index in [1.54, 1.807) is 0 Å². The van der Waals surface area contributed by atoms with Gasteiger partial charge in [-0.2, -0.15) is 0 Å². The van der Waals surface area contributed by atoms with E-state index in [9.17, 15) is 0 Å². The smallest absolute Gasteiger partial charge is 0.0576 e. The number of hydrogen-bond donors (Lipinski definition) is 0. The molecule has 0 aliphatic heterocycles. The first-order valence-electron chi connectivity index (χ1n) is 18.5. The minimum Gasteiger partial charge on any atom is -0.309 e. The lowest BCUT2D eigenvalue weighted by Gasteiger charge is -2.27. The first kappa shape index (κ1) is 30.0. The van der Waals surface area contributed by atoms with E-state index < -0.39 is 0 Å². The first-order chi connectivity index (χ1) is 26.1. The Kier molecular flexibility index (Phi) is 6.33. The van der Waals surface area contributed by atoms with Gasteiger partial charge in [0.2, 0.25) is 0 Å². The lowest BCUT2D eigenvalue weighted by atomic mass is 9.78. The standard InChI is InChI=1S/C51H36N2/c1-31-24-26-42-44-29-33(3)32(2)28-43(44)37-16-5-4-14-35(37)36-15-6-7-20-41(36)50(42)51(31)53-48-23-13-10-19-40(48)45-30-34(25-27-49(45)53)52-46-21-11-8-17-38(46)39-18-9-12-22-47(39)52/h4-30H,1-3H3. The number of aromatic nitrogens is 2. The average Bonchev–Trinajstić information content (AvgIpc) is 3.71. The van der Waals surface area contributed by atoms with Crippen LogP contribution in [0.3, 0.4) is 0 Å². The van der Waals surface area contributed by atoms with Gasteiger partial charge in [-0.25, -0.2) is 0 Å². The molecule has 250 valence electrons. The number of fused-ring (bicyclic) bond motifs is 14. The molecule has 1 aliphatic carbocycles. The summed E-state index contributed by atoms with van der Waals surface area (Å²) in [6, 6.07) is 61.0. The SMILES string of the molecule is Cc1cc2c(cc1C)-c1ccc(C)c(-n3c4ccccc4c4cc(-n5c6ccccc6c6ccccc65)ccc43)c1-c1ccccc1-c1ccccc1-2. The van der Waals surface area contributed by atoms with Crippen molar-refractivity contribution >= 4 is 43.6 Å². The second-order valence-corrected chi connectivity index (χ2v) is 14.7. The summed E-state index contributed by atoms with van der Waals surface area (Å²) in [5, 5.41) is 5.04. The van der Waals surface area contributed by atoms with Crippen LogP contribution in [0.25, 0.3) is 99.5 Å². The largest absolute Gasteiger partial charge is 0.309 e. The Bertz CT molecular complexity index is 3100. The van der Waals surface area contributed by atoms with Crippen LogP contribution in [-0.2, 0) is 0 Å². The quantitative estimate of drug-likeness (QED) is 0.172. The minimum atomic E-state index is 1.17. The molecule has 0 saturated heterocycles. The summed E-state index contributed by atoms with van der Waals surface area (Å²) in [5.41, 5.74) is 21.3. The molecule has 1 aliphatic rings. The summed E-state index contributed by atoms with van der Waals surface area (Å²) in [7, 11) is 0. The fraction of sp³-hybridized carbons (Fsp3) is 0.0588. The summed E-state index contributed by atoms with van der Waals surface area (Å²) in [6.45, 7) is 6.75. The topological polar surface area (TPSA) is 9.86 Å². The molecule has 2 heterocycles. The lowest BCUT2D eigenvalue weighted by molar-refractivity contribution is 1.15. The molecule has 0 fully saturated rings. The maximum Gasteiger partial charge on any atom is 0.0576 e. The number of para-hydroxylation sites is 3. The molecule has 0 amide bonds. The van der Waals surface area contributed by atoms with Crippen molar-refractivity contribution in [1.29, 1.82) is 0 Å². The van der Waals surface area contributed by atoms with Crippen LogP contribution in [0, 0.1) is 20.8 Å². The van der Waals surface area contributed by atoms with Gasteiger partial charge in [0.05, 0.1) is 27.8 Å². The third-order valence-electron chi connectivity index (χ3n) is 11.7. The molecular formula is C51H36N2. The molecule has 11 rings (SSSR count). The summed E-state index contributed by atoms with van der Waals surface area (Å²) in [6.07, 6.45) is 0. The van der Waals surface area contributed by atoms with Crippen molar-refractivity contribution in [3.05, 3.63) is 180 Å². The van der Waals surface area contributed by atoms with Crippen LogP contribution in [0.4, 0.5) is 0 Å². The van der Waals surface area contributed by atoms with Crippen LogP contribution in [0.1, 0.15) is 16.7 Å². The van der Waals surface area contributed by atoms with E-state index in [4.69, 9.17) is 0 Å². The Morgan fingerprint density at radius 1 is 0.302 bits per heavy atom. The van der Waals surface area contributed by atoms with Crippen LogP contribution in [0.5, 0.6) is 0 Å². The Labute approximate surface area is 308 Å². The van der Waals surface area contributed by atoms with Gasteiger partial charge < -0.3 is 9.13 Å². The fourth-order valence-electron chi connectivity index (χ4n) is 9.17. The van der Waals surface area contributed by atoms with Crippen LogP contribution in [-0.4, -0.2) is 9.13 Å². The molecule has 0 unspecified atom stereocenters. The zero-order chi connectivity index (χ0) is 35.4. The molecule has 0 bridgehead atoms. The highest BCUT2D eigenvalue weighted by atomic mass is 15.0. The van der Waals surface area contributed by atoms with Crippen LogP contribution >= 0.6 is 0 Å². The molecule has 2 aromatic heterocycles. The van der Waals surface area contributed by atoms with Gasteiger partial charge in [0.15, 0.2) is 0 Å². The molecule has 8 aromatic carbocycles. The summed E-state index contributed by atoms with van der Waals surface area (Å²) < 4.78 is 4.97. The zero-order valence-electron chi connectivity index (χ0n) is 30.0. The average molecular weight is 677 g/mol. The Hall–Kier alpha value is -6.64. The number of benzene rings is 8. The minimum absolute atomic E-state index is 1.17. The normalized spacial score (nSPS) is 12.1. The van der Waals surface area contributed by atoms with Gasteiger partial charge in [0.1, 0.15) is 0 Å². The molecule has 0 atom stereocenters. The summed E-state index contributed by atoms with van der Waals surface area (Å²) in [4.78, 5) is 0. The summed E-state index contributed by atoms with van der Waals surface area (Å²) in [5.74, 6) is 0. The number of hydrogen-bond acceptors (Lipinski definition) is 0.